The number of ether oxygens (including phenoxy) is 1. The third-order valence-corrected chi connectivity index (χ3v) is 5.80. The Hall–Kier alpha value is -2.67. The van der Waals surface area contributed by atoms with Crippen LogP contribution in [0.3, 0.4) is 0 Å². The average Bonchev–Trinajstić information content (AvgIpc) is 3.27. The first-order valence-corrected chi connectivity index (χ1v) is 10.6. The van der Waals surface area contributed by atoms with Gasteiger partial charge in [-0.25, -0.2) is 4.79 Å². The minimum Gasteiger partial charge on any atom is -0.441 e. The van der Waals surface area contributed by atoms with Gasteiger partial charge in [0.2, 0.25) is 6.10 Å². The third-order valence-electron chi connectivity index (χ3n) is 4.95. The van der Waals surface area contributed by atoms with Crippen molar-refractivity contribution in [3.8, 4) is 0 Å². The first kappa shape index (κ1) is 21.0. The third kappa shape index (κ3) is 4.50. The molecular formula is C22H27N3O3S. The van der Waals surface area contributed by atoms with Gasteiger partial charge in [-0.3, -0.25) is 9.78 Å². The number of nitrogens with zero attached hydrogens (tertiary/aromatic N) is 2. The number of carbonyl (C=O) groups is 2. The molecule has 0 aliphatic heterocycles. The fraction of sp³-hybridized carbons (Fsp3) is 0.409. The highest BCUT2D eigenvalue weighted by Crippen LogP contribution is 2.30. The molecule has 0 spiro atoms. The zero-order chi connectivity index (χ0) is 21.2. The molecule has 1 atom stereocenters. The van der Waals surface area contributed by atoms with Crippen LogP contribution < -0.4 is 5.32 Å². The molecule has 3 heterocycles. The lowest BCUT2D eigenvalue weighted by Gasteiger charge is -2.27. The van der Waals surface area contributed by atoms with Crippen molar-refractivity contribution in [3.63, 3.8) is 0 Å². The van der Waals surface area contributed by atoms with Crippen LogP contribution in [0, 0.1) is 0 Å². The SMILES string of the molecule is CCC(C)(C)NC(=O)[C@H](OC(=O)c1cc2sccc2n1C(C)C)c1ccccn1. The molecule has 0 aliphatic carbocycles. The molecular weight excluding hydrogens is 386 g/mol. The minimum atomic E-state index is -1.12. The average molecular weight is 414 g/mol. The molecule has 1 N–H and O–H groups in total. The van der Waals surface area contributed by atoms with Gasteiger partial charge in [-0.1, -0.05) is 13.0 Å². The number of hydrogen-bond donors (Lipinski definition) is 1. The Morgan fingerprint density at radius 1 is 1.28 bits per heavy atom. The predicted molar refractivity (Wildman–Crippen MR) is 115 cm³/mol. The highest BCUT2D eigenvalue weighted by atomic mass is 32.1. The molecule has 29 heavy (non-hydrogen) atoms. The number of fused-ring (bicyclic) bond motifs is 1. The lowest BCUT2D eigenvalue weighted by atomic mass is 10.0. The van der Waals surface area contributed by atoms with Crippen molar-refractivity contribution < 1.29 is 14.3 Å². The molecule has 0 radical (unpaired) electrons. The maximum Gasteiger partial charge on any atom is 0.356 e. The van der Waals surface area contributed by atoms with Gasteiger partial charge in [0.1, 0.15) is 5.69 Å². The van der Waals surface area contributed by atoms with Crippen molar-refractivity contribution >= 4 is 33.4 Å². The van der Waals surface area contributed by atoms with Gasteiger partial charge < -0.3 is 14.6 Å². The van der Waals surface area contributed by atoms with E-state index in [4.69, 9.17) is 4.74 Å². The summed E-state index contributed by atoms with van der Waals surface area (Å²) in [6, 6.07) is 9.11. The second kappa shape index (κ2) is 8.37. The van der Waals surface area contributed by atoms with E-state index in [0.717, 1.165) is 16.6 Å². The fourth-order valence-electron chi connectivity index (χ4n) is 3.09. The summed E-state index contributed by atoms with van der Waals surface area (Å²) >= 11 is 1.57. The quantitative estimate of drug-likeness (QED) is 0.560. The van der Waals surface area contributed by atoms with Gasteiger partial charge in [-0.2, -0.15) is 0 Å². The van der Waals surface area contributed by atoms with Gasteiger partial charge in [0.25, 0.3) is 5.91 Å². The standard InChI is InChI=1S/C22H27N3O3S/c1-6-22(4,5)24-20(26)19(15-9-7-8-11-23-15)28-21(27)17-13-18-16(10-12-29-18)25(17)14(2)3/h7-14,19H,6H2,1-5H3,(H,24,26)/t19-/m1/s1. The van der Waals surface area contributed by atoms with Crippen LogP contribution in [-0.4, -0.2) is 27.0 Å². The molecule has 3 rings (SSSR count). The predicted octanol–water partition coefficient (Wildman–Crippen LogP) is 4.88. The van der Waals surface area contributed by atoms with Gasteiger partial charge >= 0.3 is 5.97 Å². The van der Waals surface area contributed by atoms with E-state index in [1.807, 2.05) is 56.7 Å². The van der Waals surface area contributed by atoms with E-state index in [2.05, 4.69) is 10.3 Å². The summed E-state index contributed by atoms with van der Waals surface area (Å²) in [5, 5.41) is 4.96. The van der Waals surface area contributed by atoms with E-state index in [-0.39, 0.29) is 11.9 Å². The Bertz CT molecular complexity index is 1000. The highest BCUT2D eigenvalue weighted by molar-refractivity contribution is 7.17. The van der Waals surface area contributed by atoms with Crippen molar-refractivity contribution in [1.82, 2.24) is 14.9 Å². The van der Waals surface area contributed by atoms with E-state index < -0.39 is 17.6 Å². The molecule has 154 valence electrons. The maximum absolute atomic E-state index is 13.1. The fourth-order valence-corrected chi connectivity index (χ4v) is 3.90. The molecule has 1 amide bonds. The number of carbonyl (C=O) groups excluding carboxylic acids is 2. The van der Waals surface area contributed by atoms with Gasteiger partial charge in [-0.05, 0) is 63.8 Å². The molecule has 0 aliphatic rings. The molecule has 6 nitrogen and oxygen atoms in total. The minimum absolute atomic E-state index is 0.0748. The largest absolute Gasteiger partial charge is 0.441 e. The molecule has 7 heteroatoms. The van der Waals surface area contributed by atoms with Gasteiger partial charge in [0, 0.05) is 17.8 Å². The Labute approximate surface area is 174 Å². The van der Waals surface area contributed by atoms with Crippen LogP contribution in [0.2, 0.25) is 0 Å². The first-order valence-electron chi connectivity index (χ1n) is 9.76. The Balaban J connectivity index is 1.94. The first-order chi connectivity index (χ1) is 13.7. The molecule has 0 saturated heterocycles. The number of thiophene rings is 1. The zero-order valence-electron chi connectivity index (χ0n) is 17.4. The van der Waals surface area contributed by atoms with Crippen LogP contribution in [0.25, 0.3) is 10.2 Å². The second-order valence-corrected chi connectivity index (χ2v) is 8.88. The topological polar surface area (TPSA) is 73.2 Å². The van der Waals surface area contributed by atoms with Crippen LogP contribution in [-0.2, 0) is 9.53 Å². The van der Waals surface area contributed by atoms with E-state index in [0.29, 0.717) is 11.4 Å². The van der Waals surface area contributed by atoms with Crippen LogP contribution >= 0.6 is 11.3 Å². The molecule has 3 aromatic heterocycles. The summed E-state index contributed by atoms with van der Waals surface area (Å²) in [5.74, 6) is -0.921. The van der Waals surface area contributed by atoms with E-state index in [1.165, 1.54) is 0 Å². The van der Waals surface area contributed by atoms with Crippen LogP contribution in [0.4, 0.5) is 0 Å². The number of esters is 1. The second-order valence-electron chi connectivity index (χ2n) is 7.93. The zero-order valence-corrected chi connectivity index (χ0v) is 18.2. The Morgan fingerprint density at radius 3 is 2.66 bits per heavy atom. The summed E-state index contributed by atoms with van der Waals surface area (Å²) in [6.45, 7) is 9.88. The van der Waals surface area contributed by atoms with E-state index in [1.54, 1.807) is 35.7 Å². The van der Waals surface area contributed by atoms with Gasteiger partial charge in [0.05, 0.1) is 15.9 Å². The highest BCUT2D eigenvalue weighted by Gasteiger charge is 2.32. The van der Waals surface area contributed by atoms with Crippen LogP contribution in [0.15, 0.2) is 41.9 Å². The number of aromatic nitrogens is 2. The smallest absolute Gasteiger partial charge is 0.356 e. The molecule has 0 aromatic carbocycles. The maximum atomic E-state index is 13.1. The number of amides is 1. The number of rotatable bonds is 7. The number of nitrogens with one attached hydrogen (secondary N) is 1. The Kier molecular flexibility index (Phi) is 6.07. The summed E-state index contributed by atoms with van der Waals surface area (Å²) in [6.07, 6.45) is 1.21. The summed E-state index contributed by atoms with van der Waals surface area (Å²) in [5.41, 5.74) is 1.40. The summed E-state index contributed by atoms with van der Waals surface area (Å²) < 4.78 is 8.69. The van der Waals surface area contributed by atoms with Crippen molar-refractivity contribution in [3.05, 3.63) is 53.3 Å². The Morgan fingerprint density at radius 2 is 2.03 bits per heavy atom. The molecule has 0 bridgehead atoms. The molecule has 0 saturated carbocycles. The van der Waals surface area contributed by atoms with Crippen molar-refractivity contribution in [2.75, 3.05) is 0 Å². The van der Waals surface area contributed by atoms with Crippen molar-refractivity contribution in [2.45, 2.75) is 58.7 Å². The van der Waals surface area contributed by atoms with E-state index >= 15 is 0 Å². The lowest BCUT2D eigenvalue weighted by Crippen LogP contribution is -2.46. The molecule has 0 fully saturated rings. The van der Waals surface area contributed by atoms with E-state index in [9.17, 15) is 9.59 Å². The van der Waals surface area contributed by atoms with Gasteiger partial charge in [-0.15, -0.1) is 11.3 Å². The van der Waals surface area contributed by atoms with Crippen LogP contribution in [0.1, 0.15) is 69.4 Å². The summed E-state index contributed by atoms with van der Waals surface area (Å²) in [4.78, 5) is 30.4. The molecule has 0 unspecified atom stereocenters. The number of pyridine rings is 1. The molecule has 3 aromatic rings. The van der Waals surface area contributed by atoms with Gasteiger partial charge in [0.15, 0.2) is 0 Å². The van der Waals surface area contributed by atoms with Crippen molar-refractivity contribution in [2.24, 2.45) is 0 Å². The van der Waals surface area contributed by atoms with Crippen LogP contribution in [0.5, 0.6) is 0 Å². The number of hydrogen-bond acceptors (Lipinski definition) is 5. The monoisotopic (exact) mass is 413 g/mol. The lowest BCUT2D eigenvalue weighted by molar-refractivity contribution is -0.132. The summed E-state index contributed by atoms with van der Waals surface area (Å²) in [7, 11) is 0. The van der Waals surface area contributed by atoms with Crippen molar-refractivity contribution in [1.29, 1.82) is 0 Å². The normalized spacial score (nSPS) is 12.9.